The number of benzene rings is 1. The molecule has 0 fully saturated rings. The van der Waals surface area contributed by atoms with Crippen LogP contribution in [0.3, 0.4) is 0 Å². The third-order valence-corrected chi connectivity index (χ3v) is 2.72. The molecule has 0 heterocycles. The summed E-state index contributed by atoms with van der Waals surface area (Å²) in [5.41, 5.74) is 7.93. The average molecular weight is 206 g/mol. The lowest BCUT2D eigenvalue weighted by atomic mass is 10.1. The number of para-hydroxylation sites is 2. The molecular weight excluding hydrogens is 184 g/mol. The minimum absolute atomic E-state index is 0.722. The molecule has 1 aromatic carbocycles. The maximum absolute atomic E-state index is 5.93. The van der Waals surface area contributed by atoms with Crippen molar-refractivity contribution in [2.75, 3.05) is 24.2 Å². The van der Waals surface area contributed by atoms with Crippen LogP contribution in [0.2, 0.25) is 0 Å². The molecule has 2 nitrogen and oxygen atoms in total. The maximum atomic E-state index is 5.93. The Bertz CT molecular complexity index is 296. The van der Waals surface area contributed by atoms with E-state index in [4.69, 9.17) is 5.73 Å². The van der Waals surface area contributed by atoms with Crippen LogP contribution in [-0.4, -0.2) is 13.6 Å². The van der Waals surface area contributed by atoms with E-state index in [-0.39, 0.29) is 0 Å². The van der Waals surface area contributed by atoms with Crippen molar-refractivity contribution in [2.24, 2.45) is 5.92 Å². The van der Waals surface area contributed by atoms with Gasteiger partial charge in [0.25, 0.3) is 0 Å². The molecule has 2 N–H and O–H groups in total. The largest absolute Gasteiger partial charge is 0.397 e. The topological polar surface area (TPSA) is 29.3 Å². The molecule has 0 saturated carbocycles. The highest BCUT2D eigenvalue weighted by atomic mass is 15.1. The molecule has 84 valence electrons. The van der Waals surface area contributed by atoms with E-state index in [0.717, 1.165) is 23.8 Å². The summed E-state index contributed by atoms with van der Waals surface area (Å²) in [5.74, 6) is 0.722. The molecule has 0 aromatic heterocycles. The number of nitrogens with zero attached hydrogens (tertiary/aromatic N) is 1. The van der Waals surface area contributed by atoms with Gasteiger partial charge in [0.05, 0.1) is 11.4 Å². The van der Waals surface area contributed by atoms with Gasteiger partial charge in [0, 0.05) is 13.6 Å². The van der Waals surface area contributed by atoms with Crippen LogP contribution in [0.5, 0.6) is 0 Å². The van der Waals surface area contributed by atoms with Gasteiger partial charge in [0.2, 0.25) is 0 Å². The van der Waals surface area contributed by atoms with Crippen LogP contribution in [0.1, 0.15) is 26.7 Å². The summed E-state index contributed by atoms with van der Waals surface area (Å²) in [7, 11) is 2.11. The van der Waals surface area contributed by atoms with E-state index in [0.29, 0.717) is 0 Å². The lowest BCUT2D eigenvalue weighted by molar-refractivity contribution is 0.524. The first-order valence-electron chi connectivity index (χ1n) is 5.70. The van der Waals surface area contributed by atoms with Crippen LogP contribution in [-0.2, 0) is 0 Å². The number of hydrogen-bond acceptors (Lipinski definition) is 2. The molecule has 0 saturated heterocycles. The van der Waals surface area contributed by atoms with Crippen molar-refractivity contribution < 1.29 is 0 Å². The summed E-state index contributed by atoms with van der Waals surface area (Å²) < 4.78 is 0. The van der Waals surface area contributed by atoms with Gasteiger partial charge in [-0.25, -0.2) is 0 Å². The van der Waals surface area contributed by atoms with Crippen molar-refractivity contribution in [3.8, 4) is 0 Å². The Labute approximate surface area is 93.1 Å². The van der Waals surface area contributed by atoms with Crippen molar-refractivity contribution in [2.45, 2.75) is 26.7 Å². The highest BCUT2D eigenvalue weighted by Gasteiger charge is 2.08. The quantitative estimate of drug-likeness (QED) is 0.750. The van der Waals surface area contributed by atoms with Gasteiger partial charge in [0.1, 0.15) is 0 Å². The van der Waals surface area contributed by atoms with Crippen molar-refractivity contribution >= 4 is 11.4 Å². The summed E-state index contributed by atoms with van der Waals surface area (Å²) in [6, 6.07) is 8.04. The van der Waals surface area contributed by atoms with Gasteiger partial charge in [-0.15, -0.1) is 0 Å². The first-order chi connectivity index (χ1) is 7.15. The summed E-state index contributed by atoms with van der Waals surface area (Å²) in [4.78, 5) is 2.25. The fraction of sp³-hybridized carbons (Fsp3) is 0.538. The zero-order valence-corrected chi connectivity index (χ0v) is 10.0. The molecule has 1 rings (SSSR count). The Kier molecular flexibility index (Phi) is 4.47. The van der Waals surface area contributed by atoms with Crippen LogP contribution < -0.4 is 10.6 Å². The number of hydrogen-bond donors (Lipinski definition) is 1. The second kappa shape index (κ2) is 5.64. The zero-order chi connectivity index (χ0) is 11.3. The summed E-state index contributed by atoms with van der Waals surface area (Å²) in [6.45, 7) is 5.59. The molecule has 0 aliphatic rings. The van der Waals surface area contributed by atoms with E-state index in [2.05, 4.69) is 31.9 Å². The number of anilines is 2. The predicted octanol–water partition coefficient (Wildman–Crippen LogP) is 3.14. The molecule has 0 bridgehead atoms. The molecule has 15 heavy (non-hydrogen) atoms. The molecular formula is C13H22N2. The molecule has 1 unspecified atom stereocenters. The third kappa shape index (κ3) is 3.46. The Hall–Kier alpha value is -1.18. The van der Waals surface area contributed by atoms with Crippen molar-refractivity contribution in [3.63, 3.8) is 0 Å². The van der Waals surface area contributed by atoms with Gasteiger partial charge in [-0.1, -0.05) is 32.4 Å². The highest BCUT2D eigenvalue weighted by Crippen LogP contribution is 2.22. The standard InChI is InChI=1S/C13H22N2/c1-4-7-11(2)10-15(3)13-9-6-5-8-12(13)14/h5-6,8-9,11H,4,7,10,14H2,1-3H3. The number of nitrogens with two attached hydrogens (primary N) is 1. The van der Waals surface area contributed by atoms with Crippen LogP contribution in [0.4, 0.5) is 11.4 Å². The molecule has 2 heteroatoms. The normalized spacial score (nSPS) is 12.5. The zero-order valence-electron chi connectivity index (χ0n) is 10.0. The van der Waals surface area contributed by atoms with Gasteiger partial charge in [-0.05, 0) is 24.5 Å². The van der Waals surface area contributed by atoms with Crippen molar-refractivity contribution in [1.82, 2.24) is 0 Å². The molecule has 0 aliphatic heterocycles. The fourth-order valence-electron chi connectivity index (χ4n) is 1.99. The summed E-state index contributed by atoms with van der Waals surface area (Å²) in [6.07, 6.45) is 2.52. The Balaban J connectivity index is 2.61. The van der Waals surface area contributed by atoms with Gasteiger partial charge in [0.15, 0.2) is 0 Å². The third-order valence-electron chi connectivity index (χ3n) is 2.72. The van der Waals surface area contributed by atoms with Crippen LogP contribution in [0, 0.1) is 5.92 Å². The van der Waals surface area contributed by atoms with E-state index in [1.807, 2.05) is 18.2 Å². The molecule has 0 amide bonds. The maximum Gasteiger partial charge on any atom is 0.0597 e. The second-order valence-corrected chi connectivity index (χ2v) is 4.33. The monoisotopic (exact) mass is 206 g/mol. The summed E-state index contributed by atoms with van der Waals surface area (Å²) in [5, 5.41) is 0. The van der Waals surface area contributed by atoms with E-state index in [1.54, 1.807) is 0 Å². The molecule has 0 radical (unpaired) electrons. The first kappa shape index (κ1) is 11.9. The molecule has 1 aromatic rings. The van der Waals surface area contributed by atoms with Crippen LogP contribution >= 0.6 is 0 Å². The second-order valence-electron chi connectivity index (χ2n) is 4.33. The Morgan fingerprint density at radius 3 is 2.60 bits per heavy atom. The number of nitrogen functional groups attached to an aromatic ring is 1. The molecule has 0 spiro atoms. The Morgan fingerprint density at radius 2 is 2.00 bits per heavy atom. The lowest BCUT2D eigenvalue weighted by Crippen LogP contribution is -2.24. The SMILES string of the molecule is CCCC(C)CN(C)c1ccccc1N. The average Bonchev–Trinajstić information content (AvgIpc) is 2.18. The summed E-state index contributed by atoms with van der Waals surface area (Å²) >= 11 is 0. The molecule has 0 aliphatic carbocycles. The van der Waals surface area contributed by atoms with Crippen LogP contribution in [0.15, 0.2) is 24.3 Å². The minimum Gasteiger partial charge on any atom is -0.397 e. The van der Waals surface area contributed by atoms with E-state index in [9.17, 15) is 0 Å². The highest BCUT2D eigenvalue weighted by molar-refractivity contribution is 5.66. The van der Waals surface area contributed by atoms with Gasteiger partial charge >= 0.3 is 0 Å². The van der Waals surface area contributed by atoms with Gasteiger partial charge in [-0.2, -0.15) is 0 Å². The lowest BCUT2D eigenvalue weighted by Gasteiger charge is -2.24. The smallest absolute Gasteiger partial charge is 0.0597 e. The van der Waals surface area contributed by atoms with E-state index in [1.165, 1.54) is 12.8 Å². The van der Waals surface area contributed by atoms with E-state index < -0.39 is 0 Å². The number of rotatable bonds is 5. The molecule has 1 atom stereocenters. The van der Waals surface area contributed by atoms with Gasteiger partial charge in [-0.3, -0.25) is 0 Å². The van der Waals surface area contributed by atoms with E-state index >= 15 is 0 Å². The predicted molar refractivity (Wildman–Crippen MR) is 68.2 cm³/mol. The fourth-order valence-corrected chi connectivity index (χ4v) is 1.99. The Morgan fingerprint density at radius 1 is 1.33 bits per heavy atom. The van der Waals surface area contributed by atoms with Crippen molar-refractivity contribution in [1.29, 1.82) is 0 Å². The van der Waals surface area contributed by atoms with Crippen LogP contribution in [0.25, 0.3) is 0 Å². The van der Waals surface area contributed by atoms with Crippen molar-refractivity contribution in [3.05, 3.63) is 24.3 Å². The van der Waals surface area contributed by atoms with Gasteiger partial charge < -0.3 is 10.6 Å². The first-order valence-corrected chi connectivity index (χ1v) is 5.70. The minimum atomic E-state index is 0.722.